The lowest BCUT2D eigenvalue weighted by Crippen LogP contribution is -2.08. The topological polar surface area (TPSA) is 22.1 Å². The zero-order chi connectivity index (χ0) is 24.9. The minimum atomic E-state index is -0.199. The molecule has 3 aromatic rings. The summed E-state index contributed by atoms with van der Waals surface area (Å²) in [4.78, 5) is 4.54. The lowest BCUT2D eigenvalue weighted by atomic mass is 10.0. The summed E-state index contributed by atoms with van der Waals surface area (Å²) in [6.45, 7) is 8.95. The maximum absolute atomic E-state index is 14.7. The van der Waals surface area contributed by atoms with Crippen LogP contribution in [0.2, 0.25) is 0 Å². The van der Waals surface area contributed by atoms with Crippen molar-refractivity contribution in [2.45, 2.75) is 64.9 Å². The first-order chi connectivity index (χ1) is 17.1. The van der Waals surface area contributed by atoms with Crippen molar-refractivity contribution in [3.63, 3.8) is 0 Å². The third-order valence-corrected chi connectivity index (χ3v) is 6.15. The van der Waals surface area contributed by atoms with Crippen LogP contribution < -0.4 is 0 Å². The minimum Gasteiger partial charge on any atom is -0.379 e. The SMILES string of the molecule is C=CCc1ccc(-c2ccc(-c3ccc(C=CCCCC(C)OCCCCC)c(F)c3)cc2)nc1. The molecule has 1 aromatic heterocycles. The number of pyridine rings is 1. The molecule has 184 valence electrons. The molecule has 1 atom stereocenters. The Bertz CT molecular complexity index is 1070. The molecule has 35 heavy (non-hydrogen) atoms. The molecule has 0 N–H and O–H groups in total. The van der Waals surface area contributed by atoms with E-state index in [4.69, 9.17) is 4.74 Å². The van der Waals surface area contributed by atoms with Gasteiger partial charge in [-0.2, -0.15) is 0 Å². The van der Waals surface area contributed by atoms with Crippen LogP contribution >= 0.6 is 0 Å². The molecular weight excluding hydrogens is 433 g/mol. The van der Waals surface area contributed by atoms with Crippen molar-refractivity contribution >= 4 is 6.08 Å². The number of aromatic nitrogens is 1. The van der Waals surface area contributed by atoms with Gasteiger partial charge < -0.3 is 4.74 Å². The number of nitrogens with zero attached hydrogens (tertiary/aromatic N) is 1. The standard InChI is InChI=1S/C32H38FNO/c1-4-6-10-22-35-25(3)12-8-7-9-13-28-17-20-30(23-31(28)33)27-15-18-29(19-16-27)32-21-14-26(11-5-2)24-34-32/h5,9,13-21,23-25H,2,4,6-8,10-12,22H2,1,3H3. The Balaban J connectivity index is 1.51. The van der Waals surface area contributed by atoms with E-state index in [1.54, 1.807) is 6.07 Å². The van der Waals surface area contributed by atoms with Crippen molar-refractivity contribution in [1.82, 2.24) is 4.98 Å². The highest BCUT2D eigenvalue weighted by Gasteiger charge is 2.06. The lowest BCUT2D eigenvalue weighted by Gasteiger charge is -2.12. The Morgan fingerprint density at radius 2 is 1.74 bits per heavy atom. The van der Waals surface area contributed by atoms with Crippen LogP contribution in [0, 0.1) is 5.82 Å². The zero-order valence-electron chi connectivity index (χ0n) is 21.2. The molecule has 0 saturated carbocycles. The number of benzene rings is 2. The molecule has 0 aliphatic rings. The van der Waals surface area contributed by atoms with Crippen LogP contribution in [-0.2, 0) is 11.2 Å². The zero-order valence-corrected chi connectivity index (χ0v) is 21.2. The van der Waals surface area contributed by atoms with E-state index in [9.17, 15) is 4.39 Å². The highest BCUT2D eigenvalue weighted by atomic mass is 19.1. The normalized spacial score (nSPS) is 12.2. The molecule has 0 aliphatic heterocycles. The molecular formula is C32H38FNO. The summed E-state index contributed by atoms with van der Waals surface area (Å²) in [5, 5.41) is 0. The summed E-state index contributed by atoms with van der Waals surface area (Å²) in [7, 11) is 0. The van der Waals surface area contributed by atoms with E-state index >= 15 is 0 Å². The maximum atomic E-state index is 14.7. The van der Waals surface area contributed by atoms with Gasteiger partial charge in [0.1, 0.15) is 5.82 Å². The first-order valence-corrected chi connectivity index (χ1v) is 12.8. The van der Waals surface area contributed by atoms with Gasteiger partial charge in [-0.3, -0.25) is 4.98 Å². The van der Waals surface area contributed by atoms with E-state index in [-0.39, 0.29) is 11.9 Å². The molecule has 0 fully saturated rings. The number of unbranched alkanes of at least 4 members (excludes halogenated alkanes) is 3. The van der Waals surface area contributed by atoms with E-state index in [2.05, 4.69) is 37.6 Å². The highest BCUT2D eigenvalue weighted by Crippen LogP contribution is 2.26. The molecule has 3 rings (SSSR count). The first-order valence-electron chi connectivity index (χ1n) is 12.8. The Morgan fingerprint density at radius 1 is 0.971 bits per heavy atom. The molecule has 0 amide bonds. The molecule has 0 aliphatic carbocycles. The molecule has 0 radical (unpaired) electrons. The van der Waals surface area contributed by atoms with Gasteiger partial charge in [0.25, 0.3) is 0 Å². The monoisotopic (exact) mass is 471 g/mol. The van der Waals surface area contributed by atoms with Gasteiger partial charge in [0.15, 0.2) is 0 Å². The van der Waals surface area contributed by atoms with Gasteiger partial charge in [-0.25, -0.2) is 4.39 Å². The minimum absolute atomic E-state index is 0.199. The Labute approximate surface area is 210 Å². The average Bonchev–Trinajstić information content (AvgIpc) is 2.88. The fourth-order valence-corrected chi connectivity index (χ4v) is 4.01. The van der Waals surface area contributed by atoms with E-state index in [1.165, 1.54) is 12.8 Å². The summed E-state index contributed by atoms with van der Waals surface area (Å²) in [6.07, 6.45) is 15.4. The summed E-state index contributed by atoms with van der Waals surface area (Å²) in [6, 6.07) is 17.6. The molecule has 0 spiro atoms. The third-order valence-electron chi connectivity index (χ3n) is 6.15. The van der Waals surface area contributed by atoms with Crippen LogP contribution in [-0.4, -0.2) is 17.7 Å². The van der Waals surface area contributed by atoms with Gasteiger partial charge in [-0.15, -0.1) is 6.58 Å². The number of hydrogen-bond acceptors (Lipinski definition) is 2. The van der Waals surface area contributed by atoms with Gasteiger partial charge >= 0.3 is 0 Å². The van der Waals surface area contributed by atoms with E-state index in [0.29, 0.717) is 5.56 Å². The predicted octanol–water partition coefficient (Wildman–Crippen LogP) is 9.06. The van der Waals surface area contributed by atoms with Crippen LogP contribution in [0.5, 0.6) is 0 Å². The van der Waals surface area contributed by atoms with Crippen molar-refractivity contribution in [3.05, 3.63) is 96.5 Å². The number of hydrogen-bond donors (Lipinski definition) is 0. The molecule has 2 aromatic carbocycles. The molecule has 1 unspecified atom stereocenters. The van der Waals surface area contributed by atoms with Gasteiger partial charge in [0, 0.05) is 23.9 Å². The van der Waals surface area contributed by atoms with Crippen LogP contribution in [0.25, 0.3) is 28.5 Å². The molecule has 0 saturated heterocycles. The first kappa shape index (κ1) is 26.6. The summed E-state index contributed by atoms with van der Waals surface area (Å²) >= 11 is 0. The second-order valence-corrected chi connectivity index (χ2v) is 9.08. The van der Waals surface area contributed by atoms with Crippen LogP contribution in [0.1, 0.15) is 63.5 Å². The van der Waals surface area contributed by atoms with Crippen LogP contribution in [0.15, 0.2) is 79.5 Å². The maximum Gasteiger partial charge on any atom is 0.131 e. The van der Waals surface area contributed by atoms with Crippen molar-refractivity contribution in [3.8, 4) is 22.4 Å². The van der Waals surface area contributed by atoms with Gasteiger partial charge in [-0.1, -0.05) is 80.5 Å². The Morgan fingerprint density at radius 3 is 2.43 bits per heavy atom. The van der Waals surface area contributed by atoms with E-state index in [1.807, 2.05) is 60.8 Å². The molecule has 2 nitrogen and oxygen atoms in total. The van der Waals surface area contributed by atoms with Gasteiger partial charge in [-0.05, 0) is 67.9 Å². The van der Waals surface area contributed by atoms with Crippen molar-refractivity contribution < 1.29 is 9.13 Å². The number of allylic oxidation sites excluding steroid dienone is 2. The predicted molar refractivity (Wildman–Crippen MR) is 147 cm³/mol. The van der Waals surface area contributed by atoms with Crippen LogP contribution in [0.3, 0.4) is 0 Å². The molecule has 3 heteroatoms. The second kappa shape index (κ2) is 14.4. The van der Waals surface area contributed by atoms with Gasteiger partial charge in [0.05, 0.1) is 11.8 Å². The lowest BCUT2D eigenvalue weighted by molar-refractivity contribution is 0.0566. The Kier molecular flexibility index (Phi) is 10.9. The number of ether oxygens (including phenoxy) is 1. The fraction of sp³-hybridized carbons (Fsp3) is 0.344. The number of halogens is 1. The van der Waals surface area contributed by atoms with E-state index in [0.717, 1.165) is 66.7 Å². The Hall–Kier alpha value is -3.04. The average molecular weight is 472 g/mol. The second-order valence-electron chi connectivity index (χ2n) is 9.08. The van der Waals surface area contributed by atoms with E-state index < -0.39 is 0 Å². The summed E-state index contributed by atoms with van der Waals surface area (Å²) in [5.41, 5.74) is 5.59. The van der Waals surface area contributed by atoms with Crippen LogP contribution in [0.4, 0.5) is 4.39 Å². The summed E-state index contributed by atoms with van der Waals surface area (Å²) < 4.78 is 20.6. The number of rotatable bonds is 14. The van der Waals surface area contributed by atoms with Crippen molar-refractivity contribution in [2.75, 3.05) is 6.61 Å². The largest absolute Gasteiger partial charge is 0.379 e. The molecule has 1 heterocycles. The van der Waals surface area contributed by atoms with Gasteiger partial charge in [0.2, 0.25) is 0 Å². The fourth-order valence-electron chi connectivity index (χ4n) is 4.01. The quantitative estimate of drug-likeness (QED) is 0.173. The highest BCUT2D eigenvalue weighted by molar-refractivity contribution is 5.70. The third kappa shape index (κ3) is 8.60. The van der Waals surface area contributed by atoms with Crippen molar-refractivity contribution in [2.24, 2.45) is 0 Å². The summed E-state index contributed by atoms with van der Waals surface area (Å²) in [5.74, 6) is -0.199. The van der Waals surface area contributed by atoms with Crippen molar-refractivity contribution in [1.29, 1.82) is 0 Å². The molecule has 0 bridgehead atoms. The smallest absolute Gasteiger partial charge is 0.131 e.